The van der Waals surface area contributed by atoms with Crippen LogP contribution in [-0.4, -0.2) is 93.2 Å². The standard InChI is InChI=1S/C26H36N6O3/c1-5-34-19-16-32-24-23(11-10-22(27-24)20-6-8-21(9-7-20)29(2)3)28-25(26(32)33)30(4)12-13-31-14-17-35-18-15-31/h6-11H,5,12-19H2,1-4H3. The van der Waals surface area contributed by atoms with E-state index in [0.29, 0.717) is 43.3 Å². The van der Waals surface area contributed by atoms with Gasteiger partial charge in [0.15, 0.2) is 11.5 Å². The molecule has 0 amide bonds. The van der Waals surface area contributed by atoms with Crippen molar-refractivity contribution in [2.45, 2.75) is 13.5 Å². The molecule has 3 aromatic rings. The fourth-order valence-electron chi connectivity index (χ4n) is 4.18. The lowest BCUT2D eigenvalue weighted by Gasteiger charge is -2.29. The van der Waals surface area contributed by atoms with Crippen molar-refractivity contribution >= 4 is 22.7 Å². The number of likely N-dealkylation sites (N-methyl/N-ethyl adjacent to an activating group) is 1. The first-order chi connectivity index (χ1) is 17.0. The van der Waals surface area contributed by atoms with Crippen molar-refractivity contribution in [3.05, 3.63) is 46.8 Å². The lowest BCUT2D eigenvalue weighted by atomic mass is 10.1. The highest BCUT2D eigenvalue weighted by Gasteiger charge is 2.18. The molecule has 1 aliphatic rings. The average molecular weight is 481 g/mol. The van der Waals surface area contributed by atoms with E-state index in [1.54, 1.807) is 4.57 Å². The molecule has 35 heavy (non-hydrogen) atoms. The van der Waals surface area contributed by atoms with Crippen molar-refractivity contribution in [1.29, 1.82) is 0 Å². The molecule has 1 aliphatic heterocycles. The Morgan fingerprint density at radius 3 is 2.43 bits per heavy atom. The summed E-state index contributed by atoms with van der Waals surface area (Å²) >= 11 is 0. The molecule has 0 bridgehead atoms. The molecule has 1 aromatic carbocycles. The summed E-state index contributed by atoms with van der Waals surface area (Å²) in [5.74, 6) is 0.437. The SMILES string of the molecule is CCOCCn1c(=O)c(N(C)CCN2CCOCC2)nc2ccc(-c3ccc(N(C)C)cc3)nc21. The van der Waals surface area contributed by atoms with E-state index in [0.717, 1.165) is 49.8 Å². The van der Waals surface area contributed by atoms with E-state index >= 15 is 0 Å². The largest absolute Gasteiger partial charge is 0.380 e. The van der Waals surface area contributed by atoms with E-state index in [9.17, 15) is 4.79 Å². The molecule has 0 unspecified atom stereocenters. The quantitative estimate of drug-likeness (QED) is 0.410. The van der Waals surface area contributed by atoms with Crippen molar-refractivity contribution in [3.63, 3.8) is 0 Å². The highest BCUT2D eigenvalue weighted by Crippen LogP contribution is 2.23. The molecule has 0 radical (unpaired) electrons. The van der Waals surface area contributed by atoms with Crippen molar-refractivity contribution in [2.24, 2.45) is 0 Å². The summed E-state index contributed by atoms with van der Waals surface area (Å²) < 4.78 is 12.7. The molecule has 0 spiro atoms. The van der Waals surface area contributed by atoms with Gasteiger partial charge >= 0.3 is 0 Å². The number of ether oxygens (including phenoxy) is 2. The van der Waals surface area contributed by atoms with Crippen LogP contribution in [0.4, 0.5) is 11.5 Å². The smallest absolute Gasteiger partial charge is 0.295 e. The molecule has 188 valence electrons. The van der Waals surface area contributed by atoms with E-state index < -0.39 is 0 Å². The van der Waals surface area contributed by atoms with Crippen molar-refractivity contribution in [3.8, 4) is 11.3 Å². The molecule has 0 N–H and O–H groups in total. The number of hydrogen-bond donors (Lipinski definition) is 0. The summed E-state index contributed by atoms with van der Waals surface area (Å²) in [7, 11) is 5.96. The van der Waals surface area contributed by atoms with E-state index in [1.807, 2.05) is 57.2 Å². The van der Waals surface area contributed by atoms with E-state index in [4.69, 9.17) is 19.4 Å². The highest BCUT2D eigenvalue weighted by atomic mass is 16.5. The zero-order valence-electron chi connectivity index (χ0n) is 21.2. The Morgan fingerprint density at radius 2 is 1.74 bits per heavy atom. The molecule has 9 heteroatoms. The third kappa shape index (κ3) is 5.98. The van der Waals surface area contributed by atoms with Crippen LogP contribution in [0.25, 0.3) is 22.4 Å². The number of morpholine rings is 1. The second kappa shape index (κ2) is 11.6. The van der Waals surface area contributed by atoms with Gasteiger partial charge in [-0.3, -0.25) is 14.3 Å². The lowest BCUT2D eigenvalue weighted by Crippen LogP contribution is -2.42. The molecule has 0 atom stereocenters. The van der Waals surface area contributed by atoms with Gasteiger partial charge in [-0.05, 0) is 31.2 Å². The van der Waals surface area contributed by atoms with Crippen LogP contribution in [0.5, 0.6) is 0 Å². The Labute approximate surface area is 206 Å². The number of hydrogen-bond acceptors (Lipinski definition) is 8. The lowest BCUT2D eigenvalue weighted by molar-refractivity contribution is 0.0392. The molecule has 0 saturated carbocycles. The second-order valence-electron chi connectivity index (χ2n) is 8.95. The molecule has 1 fully saturated rings. The Hall–Kier alpha value is -3.01. The minimum atomic E-state index is -0.144. The third-order valence-corrected chi connectivity index (χ3v) is 6.33. The van der Waals surface area contributed by atoms with Gasteiger partial charge in [0, 0.05) is 65.2 Å². The summed E-state index contributed by atoms with van der Waals surface area (Å²) in [6, 6.07) is 12.1. The third-order valence-electron chi connectivity index (χ3n) is 6.33. The van der Waals surface area contributed by atoms with Gasteiger partial charge in [-0.25, -0.2) is 9.97 Å². The Balaban J connectivity index is 1.66. The van der Waals surface area contributed by atoms with Crippen LogP contribution in [0.15, 0.2) is 41.2 Å². The molecule has 9 nitrogen and oxygen atoms in total. The number of fused-ring (bicyclic) bond motifs is 1. The normalized spacial score (nSPS) is 14.4. The Kier molecular flexibility index (Phi) is 8.33. The Morgan fingerprint density at radius 1 is 1.00 bits per heavy atom. The summed E-state index contributed by atoms with van der Waals surface area (Å²) in [6.07, 6.45) is 0. The van der Waals surface area contributed by atoms with Crippen LogP contribution in [0.3, 0.4) is 0 Å². The van der Waals surface area contributed by atoms with Crippen LogP contribution in [0.2, 0.25) is 0 Å². The topological polar surface area (TPSA) is 76.0 Å². The predicted octanol–water partition coefficient (Wildman–Crippen LogP) is 2.33. The van der Waals surface area contributed by atoms with E-state index in [2.05, 4.69) is 21.9 Å². The summed E-state index contributed by atoms with van der Waals surface area (Å²) in [4.78, 5) is 29.5. The van der Waals surface area contributed by atoms with E-state index in [1.165, 1.54) is 0 Å². The molecule has 1 saturated heterocycles. The first-order valence-electron chi connectivity index (χ1n) is 12.3. The monoisotopic (exact) mass is 480 g/mol. The van der Waals surface area contributed by atoms with Gasteiger partial charge in [-0.15, -0.1) is 0 Å². The van der Waals surface area contributed by atoms with Crippen LogP contribution in [-0.2, 0) is 16.0 Å². The average Bonchev–Trinajstić information content (AvgIpc) is 2.88. The van der Waals surface area contributed by atoms with Crippen molar-refractivity contribution in [2.75, 3.05) is 83.5 Å². The van der Waals surface area contributed by atoms with Crippen LogP contribution in [0.1, 0.15) is 6.92 Å². The summed E-state index contributed by atoms with van der Waals surface area (Å²) in [5.41, 5.74) is 4.05. The van der Waals surface area contributed by atoms with Crippen LogP contribution >= 0.6 is 0 Å². The zero-order valence-corrected chi connectivity index (χ0v) is 21.2. The number of anilines is 2. The molecule has 4 rings (SSSR count). The first kappa shape index (κ1) is 25.1. The molecule has 0 aliphatic carbocycles. The maximum Gasteiger partial charge on any atom is 0.295 e. The van der Waals surface area contributed by atoms with Gasteiger partial charge < -0.3 is 19.3 Å². The van der Waals surface area contributed by atoms with Gasteiger partial charge in [0.2, 0.25) is 0 Å². The van der Waals surface area contributed by atoms with Crippen LogP contribution in [0, 0.1) is 0 Å². The maximum atomic E-state index is 13.6. The van der Waals surface area contributed by atoms with E-state index in [-0.39, 0.29) is 5.56 Å². The fraction of sp³-hybridized carbons (Fsp3) is 0.500. The second-order valence-corrected chi connectivity index (χ2v) is 8.95. The van der Waals surface area contributed by atoms with Crippen molar-refractivity contribution in [1.82, 2.24) is 19.4 Å². The molecule has 3 heterocycles. The zero-order chi connectivity index (χ0) is 24.8. The van der Waals surface area contributed by atoms with Crippen molar-refractivity contribution < 1.29 is 9.47 Å². The van der Waals surface area contributed by atoms with Gasteiger partial charge in [0.05, 0.1) is 32.1 Å². The highest BCUT2D eigenvalue weighted by molar-refractivity contribution is 5.77. The molecular formula is C26H36N6O3. The maximum absolute atomic E-state index is 13.6. The molecular weight excluding hydrogens is 444 g/mol. The van der Waals surface area contributed by atoms with Gasteiger partial charge in [-0.2, -0.15) is 0 Å². The summed E-state index contributed by atoms with van der Waals surface area (Å²) in [6.45, 7) is 8.33. The number of pyridine rings is 1. The number of benzene rings is 1. The first-order valence-corrected chi connectivity index (χ1v) is 12.3. The Bertz CT molecular complexity index is 1170. The number of nitrogens with zero attached hydrogens (tertiary/aromatic N) is 6. The minimum absolute atomic E-state index is 0.144. The van der Waals surface area contributed by atoms with Gasteiger partial charge in [-0.1, -0.05) is 12.1 Å². The fourth-order valence-corrected chi connectivity index (χ4v) is 4.18. The number of rotatable bonds is 10. The number of aromatic nitrogens is 3. The summed E-state index contributed by atoms with van der Waals surface area (Å²) in [5, 5.41) is 0. The van der Waals surface area contributed by atoms with Gasteiger partial charge in [0.25, 0.3) is 5.56 Å². The predicted molar refractivity (Wildman–Crippen MR) is 141 cm³/mol. The van der Waals surface area contributed by atoms with Crippen LogP contribution < -0.4 is 15.4 Å². The minimum Gasteiger partial charge on any atom is -0.380 e. The molecule has 2 aromatic heterocycles. The van der Waals surface area contributed by atoms with Gasteiger partial charge in [0.1, 0.15) is 5.52 Å².